The van der Waals surface area contributed by atoms with E-state index in [1.165, 1.54) is 5.69 Å². The summed E-state index contributed by atoms with van der Waals surface area (Å²) in [5.41, 5.74) is 2.42. The number of aromatic nitrogens is 2. The van der Waals surface area contributed by atoms with Crippen molar-refractivity contribution in [1.82, 2.24) is 20.0 Å². The molecule has 1 atom stereocenters. The molecule has 0 aliphatic heterocycles. The van der Waals surface area contributed by atoms with Gasteiger partial charge in [-0.15, -0.1) is 0 Å². The first-order valence-electron chi connectivity index (χ1n) is 6.43. The lowest BCUT2D eigenvalue weighted by molar-refractivity contribution is 0.269. The number of hydrogen-bond donors (Lipinski definition) is 1. The molecule has 0 spiro atoms. The molecule has 17 heavy (non-hydrogen) atoms. The number of hydrogen-bond acceptors (Lipinski definition) is 3. The minimum Gasteiger partial charge on any atom is -0.319 e. The molecule has 1 unspecified atom stereocenters. The van der Waals surface area contributed by atoms with Gasteiger partial charge in [0.2, 0.25) is 0 Å². The van der Waals surface area contributed by atoms with Gasteiger partial charge in [-0.25, -0.2) is 0 Å². The fraction of sp³-hybridized carbons (Fsp3) is 0.769. The van der Waals surface area contributed by atoms with Crippen LogP contribution in [0.25, 0.3) is 0 Å². The number of rotatable bonds is 7. The third-order valence-corrected chi connectivity index (χ3v) is 2.89. The lowest BCUT2D eigenvalue weighted by Crippen LogP contribution is -2.30. The largest absolute Gasteiger partial charge is 0.319 e. The highest BCUT2D eigenvalue weighted by atomic mass is 15.3. The molecule has 0 fully saturated rings. The molecule has 0 radical (unpaired) electrons. The van der Waals surface area contributed by atoms with Crippen LogP contribution in [0.4, 0.5) is 0 Å². The second-order valence-corrected chi connectivity index (χ2v) is 4.95. The Hall–Kier alpha value is -0.870. The van der Waals surface area contributed by atoms with Crippen molar-refractivity contribution in [3.8, 4) is 0 Å². The molecule has 1 N–H and O–H groups in total. The van der Waals surface area contributed by atoms with E-state index in [2.05, 4.69) is 53.9 Å². The lowest BCUT2D eigenvalue weighted by atomic mass is 10.1. The van der Waals surface area contributed by atoms with Crippen molar-refractivity contribution < 1.29 is 0 Å². The normalized spacial score (nSPS) is 13.3. The summed E-state index contributed by atoms with van der Waals surface area (Å²) in [5.74, 6) is 0.670. The van der Waals surface area contributed by atoms with E-state index in [0.29, 0.717) is 5.92 Å². The Bertz CT molecular complexity index is 332. The van der Waals surface area contributed by atoms with E-state index < -0.39 is 0 Å². The third-order valence-electron chi connectivity index (χ3n) is 2.89. The molecule has 0 saturated heterocycles. The van der Waals surface area contributed by atoms with Crippen molar-refractivity contribution in [3.05, 3.63) is 17.5 Å². The third kappa shape index (κ3) is 4.48. The zero-order valence-corrected chi connectivity index (χ0v) is 11.8. The quantitative estimate of drug-likeness (QED) is 0.781. The summed E-state index contributed by atoms with van der Waals surface area (Å²) in [6.07, 6.45) is 0. The maximum absolute atomic E-state index is 4.48. The van der Waals surface area contributed by atoms with Crippen molar-refractivity contribution >= 4 is 0 Å². The molecule has 0 aliphatic rings. The molecular formula is C13H26N4. The monoisotopic (exact) mass is 238 g/mol. The van der Waals surface area contributed by atoms with Crippen LogP contribution in [-0.4, -0.2) is 41.9 Å². The van der Waals surface area contributed by atoms with Gasteiger partial charge < -0.3 is 10.2 Å². The Morgan fingerprint density at radius 1 is 1.53 bits per heavy atom. The van der Waals surface area contributed by atoms with Crippen LogP contribution in [0.1, 0.15) is 25.2 Å². The predicted octanol–water partition coefficient (Wildman–Crippen LogP) is 1.50. The van der Waals surface area contributed by atoms with Gasteiger partial charge in [0.1, 0.15) is 0 Å². The Kier molecular flexibility index (Phi) is 5.65. The first kappa shape index (κ1) is 14.2. The molecule has 0 saturated carbocycles. The van der Waals surface area contributed by atoms with Crippen LogP contribution >= 0.6 is 0 Å². The fourth-order valence-corrected chi connectivity index (χ4v) is 2.29. The van der Waals surface area contributed by atoms with Gasteiger partial charge >= 0.3 is 0 Å². The van der Waals surface area contributed by atoms with Crippen LogP contribution < -0.4 is 5.32 Å². The van der Waals surface area contributed by atoms with Crippen LogP contribution in [0, 0.1) is 12.8 Å². The summed E-state index contributed by atoms with van der Waals surface area (Å²) in [6.45, 7) is 10.6. The SMILES string of the molecule is CCn1nc(C)cc1CN(C)CC(C)CNC. The Labute approximate surface area is 105 Å². The summed E-state index contributed by atoms with van der Waals surface area (Å²) in [6, 6.07) is 2.18. The highest BCUT2D eigenvalue weighted by Gasteiger charge is 2.09. The second kappa shape index (κ2) is 6.77. The minimum absolute atomic E-state index is 0.670. The highest BCUT2D eigenvalue weighted by Crippen LogP contribution is 2.08. The summed E-state index contributed by atoms with van der Waals surface area (Å²) >= 11 is 0. The van der Waals surface area contributed by atoms with Gasteiger partial charge in [-0.05, 0) is 46.5 Å². The van der Waals surface area contributed by atoms with Crippen LogP contribution in [0.15, 0.2) is 6.07 Å². The first-order chi connectivity index (χ1) is 8.06. The minimum atomic E-state index is 0.670. The maximum atomic E-state index is 4.48. The van der Waals surface area contributed by atoms with Gasteiger partial charge in [-0.1, -0.05) is 6.92 Å². The van der Waals surface area contributed by atoms with E-state index in [1.807, 2.05) is 7.05 Å². The summed E-state index contributed by atoms with van der Waals surface area (Å²) in [5, 5.41) is 7.69. The zero-order chi connectivity index (χ0) is 12.8. The van der Waals surface area contributed by atoms with Gasteiger partial charge in [0, 0.05) is 19.6 Å². The maximum Gasteiger partial charge on any atom is 0.0597 e. The van der Waals surface area contributed by atoms with Crippen molar-refractivity contribution in [2.45, 2.75) is 33.9 Å². The molecule has 1 heterocycles. The smallest absolute Gasteiger partial charge is 0.0597 e. The second-order valence-electron chi connectivity index (χ2n) is 4.95. The molecule has 0 amide bonds. The first-order valence-corrected chi connectivity index (χ1v) is 6.43. The van der Waals surface area contributed by atoms with Crippen molar-refractivity contribution in [2.24, 2.45) is 5.92 Å². The van der Waals surface area contributed by atoms with Crippen molar-refractivity contribution in [3.63, 3.8) is 0 Å². The van der Waals surface area contributed by atoms with Crippen LogP contribution in [-0.2, 0) is 13.1 Å². The molecule has 1 rings (SSSR count). The van der Waals surface area contributed by atoms with Gasteiger partial charge in [0.05, 0.1) is 11.4 Å². The molecule has 0 aromatic carbocycles. The zero-order valence-electron chi connectivity index (χ0n) is 11.8. The van der Waals surface area contributed by atoms with E-state index in [4.69, 9.17) is 0 Å². The molecule has 4 heteroatoms. The van der Waals surface area contributed by atoms with E-state index in [9.17, 15) is 0 Å². The average Bonchev–Trinajstić information content (AvgIpc) is 2.58. The molecule has 0 bridgehead atoms. The lowest BCUT2D eigenvalue weighted by Gasteiger charge is -2.21. The van der Waals surface area contributed by atoms with Crippen molar-refractivity contribution in [2.75, 3.05) is 27.2 Å². The topological polar surface area (TPSA) is 33.1 Å². The number of nitrogens with zero attached hydrogens (tertiary/aromatic N) is 3. The number of nitrogens with one attached hydrogen (secondary N) is 1. The molecule has 1 aromatic rings. The summed E-state index contributed by atoms with van der Waals surface area (Å²) in [4.78, 5) is 2.37. The van der Waals surface area contributed by atoms with Gasteiger partial charge in [-0.2, -0.15) is 5.10 Å². The Morgan fingerprint density at radius 3 is 2.82 bits per heavy atom. The average molecular weight is 238 g/mol. The van der Waals surface area contributed by atoms with Crippen molar-refractivity contribution in [1.29, 1.82) is 0 Å². The van der Waals surface area contributed by atoms with Crippen LogP contribution in [0.3, 0.4) is 0 Å². The van der Waals surface area contributed by atoms with Crippen LogP contribution in [0.5, 0.6) is 0 Å². The Morgan fingerprint density at radius 2 is 2.24 bits per heavy atom. The Balaban J connectivity index is 2.52. The predicted molar refractivity (Wildman–Crippen MR) is 72.1 cm³/mol. The molecule has 4 nitrogen and oxygen atoms in total. The van der Waals surface area contributed by atoms with Gasteiger partial charge in [0.25, 0.3) is 0 Å². The highest BCUT2D eigenvalue weighted by molar-refractivity contribution is 5.08. The van der Waals surface area contributed by atoms with E-state index in [0.717, 1.165) is 31.9 Å². The standard InChI is InChI=1S/C13H26N4/c1-6-17-13(7-12(3)15-17)10-16(5)9-11(2)8-14-4/h7,11,14H,6,8-10H2,1-5H3. The van der Waals surface area contributed by atoms with Gasteiger partial charge in [0.15, 0.2) is 0 Å². The van der Waals surface area contributed by atoms with E-state index >= 15 is 0 Å². The van der Waals surface area contributed by atoms with Crippen LogP contribution in [0.2, 0.25) is 0 Å². The van der Waals surface area contributed by atoms with E-state index in [-0.39, 0.29) is 0 Å². The van der Waals surface area contributed by atoms with E-state index in [1.54, 1.807) is 0 Å². The molecule has 1 aromatic heterocycles. The molecular weight excluding hydrogens is 212 g/mol. The van der Waals surface area contributed by atoms with Gasteiger partial charge in [-0.3, -0.25) is 4.68 Å². The molecule has 98 valence electrons. The fourth-order valence-electron chi connectivity index (χ4n) is 2.29. The summed E-state index contributed by atoms with van der Waals surface area (Å²) in [7, 11) is 4.18. The number of aryl methyl sites for hydroxylation is 2. The molecule has 0 aliphatic carbocycles. The summed E-state index contributed by atoms with van der Waals surface area (Å²) < 4.78 is 2.09.